The highest BCUT2D eigenvalue weighted by molar-refractivity contribution is 5.92. The lowest BCUT2D eigenvalue weighted by Gasteiger charge is -2.32. The van der Waals surface area contributed by atoms with E-state index in [1.54, 1.807) is 24.3 Å². The summed E-state index contributed by atoms with van der Waals surface area (Å²) in [6.07, 6.45) is 8.12. The van der Waals surface area contributed by atoms with Crippen molar-refractivity contribution in [1.82, 2.24) is 34.0 Å². The highest BCUT2D eigenvalue weighted by atomic mass is 19.1. The van der Waals surface area contributed by atoms with Gasteiger partial charge in [-0.2, -0.15) is 5.26 Å². The molecule has 0 radical (unpaired) electrons. The fraction of sp³-hybridized carbons (Fsp3) is 0.371. The smallest absolute Gasteiger partial charge is 0.335 e. The fourth-order valence-electron chi connectivity index (χ4n) is 7.59. The Kier molecular flexibility index (Phi) is 7.02. The Hall–Kier alpha value is -5.15. The molecule has 1 saturated carbocycles. The molecule has 5 heterocycles. The summed E-state index contributed by atoms with van der Waals surface area (Å²) in [5.41, 5.74) is 4.69. The van der Waals surface area contributed by atoms with Crippen LogP contribution in [-0.4, -0.2) is 64.7 Å². The van der Waals surface area contributed by atoms with Crippen molar-refractivity contribution in [3.8, 4) is 6.07 Å². The Morgan fingerprint density at radius 2 is 2.06 bits per heavy atom. The third-order valence-electron chi connectivity index (χ3n) is 10.3. The quantitative estimate of drug-likeness (QED) is 0.263. The summed E-state index contributed by atoms with van der Waals surface area (Å²) in [4.78, 5) is 35.4. The van der Waals surface area contributed by atoms with Crippen LogP contribution in [0.25, 0.3) is 11.0 Å². The lowest BCUT2D eigenvalue weighted by Crippen LogP contribution is -2.37. The fourth-order valence-corrected chi connectivity index (χ4v) is 7.59. The molecule has 0 amide bonds. The first-order valence-electron chi connectivity index (χ1n) is 16.1. The van der Waals surface area contributed by atoms with Crippen LogP contribution < -0.4 is 4.90 Å². The molecule has 47 heavy (non-hydrogen) atoms. The van der Waals surface area contributed by atoms with Crippen molar-refractivity contribution in [3.05, 3.63) is 101 Å². The molecule has 8 rings (SSSR count). The van der Waals surface area contributed by atoms with Crippen molar-refractivity contribution in [2.24, 2.45) is 5.92 Å². The van der Waals surface area contributed by atoms with E-state index in [2.05, 4.69) is 36.9 Å². The van der Waals surface area contributed by atoms with Gasteiger partial charge in [-0.25, -0.2) is 29.1 Å². The monoisotopic (exact) mass is 631 g/mol. The third kappa shape index (κ3) is 5.11. The summed E-state index contributed by atoms with van der Waals surface area (Å²) in [5.74, 6) is 1.71. The number of aryl methyl sites for hydroxylation is 1. The second kappa shape index (κ2) is 11.3. The molecule has 2 aromatic carbocycles. The van der Waals surface area contributed by atoms with Gasteiger partial charge in [0.05, 0.1) is 53.3 Å². The number of carboxylic acids is 1. The Morgan fingerprint density at radius 1 is 1.17 bits per heavy atom. The lowest BCUT2D eigenvalue weighted by atomic mass is 9.94. The van der Waals surface area contributed by atoms with Crippen molar-refractivity contribution in [3.63, 3.8) is 0 Å². The van der Waals surface area contributed by atoms with Gasteiger partial charge in [0.2, 0.25) is 0 Å². The van der Waals surface area contributed by atoms with E-state index in [9.17, 15) is 19.6 Å². The zero-order valence-electron chi connectivity index (χ0n) is 26.1. The maximum atomic E-state index is 14.9. The predicted octanol–water partition coefficient (Wildman–Crippen LogP) is 4.53. The molecule has 5 aromatic rings. The molecule has 3 aliphatic rings. The van der Waals surface area contributed by atoms with Crippen molar-refractivity contribution < 1.29 is 14.3 Å². The van der Waals surface area contributed by atoms with Crippen molar-refractivity contribution >= 4 is 22.8 Å². The van der Waals surface area contributed by atoms with E-state index in [-0.39, 0.29) is 16.8 Å². The number of aromatic nitrogens is 6. The average Bonchev–Trinajstić information content (AvgIpc) is 3.49. The summed E-state index contributed by atoms with van der Waals surface area (Å²) >= 11 is 0. The number of imidazole rings is 2. The van der Waals surface area contributed by atoms with Crippen LogP contribution in [0.2, 0.25) is 0 Å². The number of nitriles is 1. The van der Waals surface area contributed by atoms with E-state index < -0.39 is 5.97 Å². The van der Waals surface area contributed by atoms with Gasteiger partial charge in [0.15, 0.2) is 0 Å². The average molecular weight is 632 g/mol. The number of aromatic carboxylic acids is 1. The molecule has 3 aromatic heterocycles. The van der Waals surface area contributed by atoms with E-state index in [0.717, 1.165) is 72.2 Å². The summed E-state index contributed by atoms with van der Waals surface area (Å²) in [6.45, 7) is 6.95. The van der Waals surface area contributed by atoms with Crippen LogP contribution in [0, 0.1) is 23.1 Å². The van der Waals surface area contributed by atoms with Gasteiger partial charge in [0, 0.05) is 49.6 Å². The Balaban J connectivity index is 1.01. The number of anilines is 1. The van der Waals surface area contributed by atoms with Gasteiger partial charge >= 0.3 is 5.97 Å². The number of carbonyl (C=O) groups is 1. The molecule has 1 N–H and O–H groups in total. The number of halogens is 1. The maximum absolute atomic E-state index is 14.9. The number of nitrogens with zero attached hydrogens (tertiary/aromatic N) is 9. The van der Waals surface area contributed by atoms with Crippen molar-refractivity contribution in [2.75, 3.05) is 24.5 Å². The molecule has 0 spiro atoms. The Bertz CT molecular complexity index is 2080. The minimum atomic E-state index is -0.960. The SMILES string of the molecule is CCn1cncc1Cn1c(CN2CC[C@@]3(c4nccc(N5CCc6cc(C#N)cc(F)c6C5)n4)C[C@H]3C2)nc2ccc(C(=O)O)cc21. The number of piperidine rings is 1. The van der Waals surface area contributed by atoms with Gasteiger partial charge in [-0.15, -0.1) is 0 Å². The van der Waals surface area contributed by atoms with Crippen molar-refractivity contribution in [1.29, 1.82) is 5.26 Å². The third-order valence-corrected chi connectivity index (χ3v) is 10.3. The van der Waals surface area contributed by atoms with Gasteiger partial charge in [-0.05, 0) is 80.6 Å². The van der Waals surface area contributed by atoms with Gasteiger partial charge in [-0.3, -0.25) is 4.90 Å². The molecule has 2 fully saturated rings. The van der Waals surface area contributed by atoms with Crippen LogP contribution >= 0.6 is 0 Å². The number of benzene rings is 2. The van der Waals surface area contributed by atoms with E-state index >= 15 is 0 Å². The first kappa shape index (κ1) is 29.3. The second-order valence-electron chi connectivity index (χ2n) is 13.0. The number of hydrogen-bond donors (Lipinski definition) is 1. The zero-order valence-corrected chi connectivity index (χ0v) is 26.1. The molecule has 2 aliphatic heterocycles. The molecule has 12 heteroatoms. The number of hydrogen-bond acceptors (Lipinski definition) is 8. The lowest BCUT2D eigenvalue weighted by molar-refractivity contribution is 0.0697. The van der Waals surface area contributed by atoms with E-state index in [4.69, 9.17) is 15.0 Å². The number of likely N-dealkylation sites (tertiary alicyclic amines) is 1. The summed E-state index contributed by atoms with van der Waals surface area (Å²) in [7, 11) is 0. The maximum Gasteiger partial charge on any atom is 0.335 e. The van der Waals surface area contributed by atoms with Gasteiger partial charge in [0.1, 0.15) is 23.3 Å². The Labute approximate surface area is 270 Å². The molecule has 1 aliphatic carbocycles. The largest absolute Gasteiger partial charge is 0.478 e. The summed E-state index contributed by atoms with van der Waals surface area (Å²) < 4.78 is 19.1. The highest BCUT2D eigenvalue weighted by Crippen LogP contribution is 2.58. The Morgan fingerprint density at radius 3 is 2.87 bits per heavy atom. The van der Waals surface area contributed by atoms with E-state index in [0.29, 0.717) is 49.6 Å². The molecular formula is C35H34FN9O2. The van der Waals surface area contributed by atoms with Crippen LogP contribution in [0.15, 0.2) is 55.1 Å². The highest BCUT2D eigenvalue weighted by Gasteiger charge is 2.59. The van der Waals surface area contributed by atoms with Crippen LogP contribution in [0.4, 0.5) is 10.2 Å². The minimum Gasteiger partial charge on any atom is -0.478 e. The summed E-state index contributed by atoms with van der Waals surface area (Å²) in [6, 6.07) is 12.2. The van der Waals surface area contributed by atoms with Gasteiger partial charge < -0.3 is 19.1 Å². The zero-order chi connectivity index (χ0) is 32.3. The number of carboxylic acid groups (broad SMARTS) is 1. The first-order valence-corrected chi connectivity index (χ1v) is 16.1. The van der Waals surface area contributed by atoms with Crippen LogP contribution in [0.3, 0.4) is 0 Å². The number of fused-ring (bicyclic) bond motifs is 3. The molecule has 238 valence electrons. The van der Waals surface area contributed by atoms with Crippen LogP contribution in [-0.2, 0) is 38.0 Å². The van der Waals surface area contributed by atoms with Crippen LogP contribution in [0.5, 0.6) is 0 Å². The van der Waals surface area contributed by atoms with Crippen molar-refractivity contribution in [2.45, 2.75) is 57.8 Å². The molecular weight excluding hydrogens is 597 g/mol. The molecule has 11 nitrogen and oxygen atoms in total. The number of rotatable bonds is 8. The second-order valence-corrected chi connectivity index (χ2v) is 13.0. The molecule has 1 saturated heterocycles. The standard InChI is InChI=1S/C35H34FN9O2/c1-2-43-21-38-16-26(43)18-45-30-13-24(33(46)47)3-4-29(30)40-32(45)20-42-10-7-35(14-25(35)17-42)34-39-8-5-31(41-34)44-9-6-23-11-22(15-37)12-28(36)27(23)19-44/h3-5,8,11-13,16,21,25H,2,6-7,9-10,14,17-20H2,1H3,(H,46,47)/t25-,35+/m0/s1. The molecule has 2 atom stereocenters. The van der Waals surface area contributed by atoms with Gasteiger partial charge in [-0.1, -0.05) is 0 Å². The minimum absolute atomic E-state index is 0.0582. The van der Waals surface area contributed by atoms with Crippen LogP contribution in [0.1, 0.15) is 64.2 Å². The first-order chi connectivity index (χ1) is 22.8. The van der Waals surface area contributed by atoms with E-state index in [1.165, 1.54) is 6.07 Å². The molecule has 0 unspecified atom stereocenters. The van der Waals surface area contributed by atoms with Gasteiger partial charge in [0.25, 0.3) is 0 Å². The molecule has 0 bridgehead atoms. The predicted molar refractivity (Wildman–Crippen MR) is 171 cm³/mol. The topological polar surface area (TPSA) is 129 Å². The summed E-state index contributed by atoms with van der Waals surface area (Å²) in [5, 5.41) is 18.9. The normalized spacial score (nSPS) is 20.5. The van der Waals surface area contributed by atoms with E-state index in [1.807, 2.05) is 24.8 Å².